The minimum Gasteiger partial charge on any atom is -0.293 e. The minimum atomic E-state index is -0.416. The van der Waals surface area contributed by atoms with Gasteiger partial charge in [-0.1, -0.05) is 44.9 Å². The molecule has 1 aliphatic rings. The fourth-order valence-corrected chi connectivity index (χ4v) is 2.40. The van der Waals surface area contributed by atoms with E-state index in [1.807, 2.05) is 18.2 Å². The van der Waals surface area contributed by atoms with Gasteiger partial charge in [-0.15, -0.1) is 0 Å². The molecule has 1 fully saturated rings. The summed E-state index contributed by atoms with van der Waals surface area (Å²) in [4.78, 5) is 22.0. The lowest BCUT2D eigenvalue weighted by Crippen LogP contribution is -2.31. The predicted octanol–water partition coefficient (Wildman–Crippen LogP) is 3.60. The number of hydrogen-bond donors (Lipinski definition) is 0. The number of benzene rings is 1. The minimum absolute atomic E-state index is 0.0291. The highest BCUT2D eigenvalue weighted by molar-refractivity contribution is 5.88. The van der Waals surface area contributed by atoms with Crippen molar-refractivity contribution in [1.29, 1.82) is 0 Å². The zero-order valence-corrected chi connectivity index (χ0v) is 11.0. The van der Waals surface area contributed by atoms with Crippen LogP contribution < -0.4 is 0 Å². The summed E-state index contributed by atoms with van der Waals surface area (Å²) in [7, 11) is 0. The Hall–Kier alpha value is -1.35. The molecule has 0 spiro atoms. The molecule has 0 aromatic heterocycles. The van der Waals surface area contributed by atoms with Gasteiger partial charge in [-0.25, -0.2) is 4.79 Å². The molecule has 0 heterocycles. The molecule has 0 aliphatic heterocycles. The van der Waals surface area contributed by atoms with Crippen molar-refractivity contribution in [3.63, 3.8) is 0 Å². The third-order valence-corrected chi connectivity index (χ3v) is 3.89. The Labute approximate surface area is 108 Å². The summed E-state index contributed by atoms with van der Waals surface area (Å²) in [6.45, 7) is 4.38. The van der Waals surface area contributed by atoms with Gasteiger partial charge in [-0.2, -0.15) is 4.89 Å². The molecule has 2 rings (SSSR count). The zero-order valence-electron chi connectivity index (χ0n) is 11.0. The first-order valence-electron chi connectivity index (χ1n) is 6.61. The van der Waals surface area contributed by atoms with Crippen LogP contribution in [0.25, 0.3) is 0 Å². The second kappa shape index (κ2) is 6.01. The van der Waals surface area contributed by atoms with Gasteiger partial charge in [0.1, 0.15) is 6.10 Å². The fraction of sp³-hybridized carbons (Fsp3) is 0.533. The van der Waals surface area contributed by atoms with Gasteiger partial charge in [0.05, 0.1) is 5.56 Å². The van der Waals surface area contributed by atoms with Crippen molar-refractivity contribution in [3.05, 3.63) is 35.9 Å². The second-order valence-corrected chi connectivity index (χ2v) is 5.14. The molecule has 0 radical (unpaired) electrons. The third kappa shape index (κ3) is 3.10. The van der Waals surface area contributed by atoms with Crippen molar-refractivity contribution in [3.8, 4) is 0 Å². The zero-order chi connectivity index (χ0) is 13.0. The van der Waals surface area contributed by atoms with E-state index >= 15 is 0 Å². The Balaban J connectivity index is 1.86. The summed E-state index contributed by atoms with van der Waals surface area (Å²) in [6.07, 6.45) is 3.36. The maximum Gasteiger partial charge on any atom is 0.373 e. The van der Waals surface area contributed by atoms with Crippen LogP contribution in [0.1, 0.15) is 43.5 Å². The standard InChI is InChI=1S/C15H20O3/c1-11-7-6-10-14(12(11)2)17-18-15(16)13-8-4-3-5-9-13/h3-5,8-9,11-12,14H,6-7,10H2,1-2H3. The normalized spacial score (nSPS) is 27.8. The molecule has 0 bridgehead atoms. The van der Waals surface area contributed by atoms with Crippen LogP contribution in [0.3, 0.4) is 0 Å². The lowest BCUT2D eigenvalue weighted by atomic mass is 9.80. The van der Waals surface area contributed by atoms with E-state index in [2.05, 4.69) is 13.8 Å². The molecule has 18 heavy (non-hydrogen) atoms. The van der Waals surface area contributed by atoms with E-state index in [1.165, 1.54) is 6.42 Å². The summed E-state index contributed by atoms with van der Waals surface area (Å²) in [5.74, 6) is 0.641. The highest BCUT2D eigenvalue weighted by Gasteiger charge is 2.29. The average Bonchev–Trinajstić information content (AvgIpc) is 2.41. The van der Waals surface area contributed by atoms with Gasteiger partial charge in [0.15, 0.2) is 0 Å². The van der Waals surface area contributed by atoms with Gasteiger partial charge < -0.3 is 0 Å². The lowest BCUT2D eigenvalue weighted by Gasteiger charge is -2.32. The Morgan fingerprint density at radius 2 is 1.89 bits per heavy atom. The quantitative estimate of drug-likeness (QED) is 0.605. The second-order valence-electron chi connectivity index (χ2n) is 5.14. The van der Waals surface area contributed by atoms with E-state index in [4.69, 9.17) is 9.78 Å². The SMILES string of the molecule is CC1CCCC(OOC(=O)c2ccccc2)C1C. The molecule has 3 nitrogen and oxygen atoms in total. The van der Waals surface area contributed by atoms with Gasteiger partial charge in [0.2, 0.25) is 0 Å². The molecule has 0 saturated heterocycles. The maximum absolute atomic E-state index is 11.7. The largest absolute Gasteiger partial charge is 0.373 e. The first kappa shape index (κ1) is 13.1. The molecule has 0 N–H and O–H groups in total. The molecule has 1 saturated carbocycles. The number of rotatable bonds is 3. The number of hydrogen-bond acceptors (Lipinski definition) is 3. The first-order valence-corrected chi connectivity index (χ1v) is 6.61. The van der Waals surface area contributed by atoms with Crippen LogP contribution in [-0.2, 0) is 9.78 Å². The third-order valence-electron chi connectivity index (χ3n) is 3.89. The average molecular weight is 248 g/mol. The molecule has 1 aromatic rings. The Morgan fingerprint density at radius 1 is 1.17 bits per heavy atom. The van der Waals surface area contributed by atoms with E-state index in [-0.39, 0.29) is 6.10 Å². The van der Waals surface area contributed by atoms with E-state index in [0.29, 0.717) is 17.4 Å². The molecule has 0 amide bonds. The molecule has 3 atom stereocenters. The van der Waals surface area contributed by atoms with Crippen LogP contribution in [0.5, 0.6) is 0 Å². The van der Waals surface area contributed by atoms with E-state index in [9.17, 15) is 4.79 Å². The van der Waals surface area contributed by atoms with Crippen LogP contribution in [-0.4, -0.2) is 12.1 Å². The van der Waals surface area contributed by atoms with Crippen LogP contribution in [0.15, 0.2) is 30.3 Å². The van der Waals surface area contributed by atoms with Crippen LogP contribution in [0.4, 0.5) is 0 Å². The van der Waals surface area contributed by atoms with E-state index < -0.39 is 5.97 Å². The maximum atomic E-state index is 11.7. The van der Waals surface area contributed by atoms with E-state index in [0.717, 1.165) is 12.8 Å². The summed E-state index contributed by atoms with van der Waals surface area (Å²) < 4.78 is 0. The summed E-state index contributed by atoms with van der Waals surface area (Å²) >= 11 is 0. The van der Waals surface area contributed by atoms with Crippen molar-refractivity contribution in [1.82, 2.24) is 0 Å². The van der Waals surface area contributed by atoms with Gasteiger partial charge in [-0.3, -0.25) is 4.89 Å². The monoisotopic (exact) mass is 248 g/mol. The van der Waals surface area contributed by atoms with E-state index in [1.54, 1.807) is 12.1 Å². The summed E-state index contributed by atoms with van der Waals surface area (Å²) in [5.41, 5.74) is 0.522. The molecule has 3 heteroatoms. The van der Waals surface area contributed by atoms with Gasteiger partial charge in [0, 0.05) is 0 Å². The van der Waals surface area contributed by atoms with Crippen molar-refractivity contribution >= 4 is 5.97 Å². The molecular weight excluding hydrogens is 228 g/mol. The molecular formula is C15H20O3. The number of carbonyl (C=O) groups is 1. The Bertz CT molecular complexity index is 388. The smallest absolute Gasteiger partial charge is 0.293 e. The van der Waals surface area contributed by atoms with Crippen molar-refractivity contribution in [2.24, 2.45) is 11.8 Å². The molecule has 1 aliphatic carbocycles. The topological polar surface area (TPSA) is 35.5 Å². The van der Waals surface area contributed by atoms with Crippen LogP contribution in [0.2, 0.25) is 0 Å². The Kier molecular flexibility index (Phi) is 4.37. The number of carbonyl (C=O) groups excluding carboxylic acids is 1. The summed E-state index contributed by atoms with van der Waals surface area (Å²) in [6, 6.07) is 8.92. The van der Waals surface area contributed by atoms with Gasteiger partial charge in [0.25, 0.3) is 0 Å². The fourth-order valence-electron chi connectivity index (χ4n) is 2.40. The van der Waals surface area contributed by atoms with Crippen LogP contribution >= 0.6 is 0 Å². The van der Waals surface area contributed by atoms with Gasteiger partial charge >= 0.3 is 5.97 Å². The Morgan fingerprint density at radius 3 is 2.61 bits per heavy atom. The first-order chi connectivity index (χ1) is 8.68. The van der Waals surface area contributed by atoms with Crippen LogP contribution in [0, 0.1) is 11.8 Å². The lowest BCUT2D eigenvalue weighted by molar-refractivity contribution is -0.292. The molecule has 98 valence electrons. The van der Waals surface area contributed by atoms with Crippen molar-refractivity contribution < 1.29 is 14.6 Å². The molecule has 3 unspecified atom stereocenters. The summed E-state index contributed by atoms with van der Waals surface area (Å²) in [5, 5.41) is 0. The van der Waals surface area contributed by atoms with Crippen molar-refractivity contribution in [2.45, 2.75) is 39.2 Å². The highest BCUT2D eigenvalue weighted by atomic mass is 17.2. The van der Waals surface area contributed by atoms with Crippen molar-refractivity contribution in [2.75, 3.05) is 0 Å². The highest BCUT2D eigenvalue weighted by Crippen LogP contribution is 2.31. The predicted molar refractivity (Wildman–Crippen MR) is 68.9 cm³/mol. The van der Waals surface area contributed by atoms with Gasteiger partial charge in [-0.05, 0) is 30.4 Å². The molecule has 1 aromatic carbocycles.